The van der Waals surface area contributed by atoms with E-state index in [0.29, 0.717) is 12.1 Å². The van der Waals surface area contributed by atoms with E-state index in [2.05, 4.69) is 15.4 Å². The van der Waals surface area contributed by atoms with Crippen LogP contribution < -0.4 is 15.4 Å². The second-order valence-electron chi connectivity index (χ2n) is 6.32. The highest BCUT2D eigenvalue weighted by Gasteiger charge is 2.30. The summed E-state index contributed by atoms with van der Waals surface area (Å²) < 4.78 is 62.3. The molecule has 1 aromatic carbocycles. The summed E-state index contributed by atoms with van der Waals surface area (Å²) in [6.07, 6.45) is -0.396. The number of esters is 2. The third-order valence-corrected chi connectivity index (χ3v) is 5.52. The third-order valence-electron chi connectivity index (χ3n) is 4.07. The molecule has 2 amide bonds. The summed E-state index contributed by atoms with van der Waals surface area (Å²) >= 11 is 0. The summed E-state index contributed by atoms with van der Waals surface area (Å²) in [6, 6.07) is 0.792. The van der Waals surface area contributed by atoms with Crippen LogP contribution in [-0.2, 0) is 29.1 Å². The van der Waals surface area contributed by atoms with Crippen LogP contribution in [0.25, 0.3) is 0 Å². The first-order valence-corrected chi connectivity index (χ1v) is 10.6. The zero-order valence-corrected chi connectivity index (χ0v) is 17.5. The highest BCUT2D eigenvalue weighted by molar-refractivity contribution is 7.89. The fourth-order valence-corrected chi connectivity index (χ4v) is 3.68. The lowest BCUT2D eigenvalue weighted by Crippen LogP contribution is -2.50. The van der Waals surface area contributed by atoms with E-state index in [1.807, 2.05) is 0 Å². The van der Waals surface area contributed by atoms with Gasteiger partial charge < -0.3 is 20.1 Å². The maximum atomic E-state index is 13.2. The molecule has 0 spiro atoms. The van der Waals surface area contributed by atoms with E-state index in [9.17, 15) is 31.6 Å². The van der Waals surface area contributed by atoms with Crippen molar-refractivity contribution < 1.29 is 41.1 Å². The highest BCUT2D eigenvalue weighted by atomic mass is 32.2. The van der Waals surface area contributed by atoms with Crippen LogP contribution in [0, 0.1) is 11.6 Å². The monoisotopic (exact) mass is 461 g/mol. The third kappa shape index (κ3) is 6.46. The number of carbonyl (C=O) groups is 3. The number of amides is 2. The Kier molecular flexibility index (Phi) is 8.05. The fourth-order valence-electron chi connectivity index (χ4n) is 2.63. The van der Waals surface area contributed by atoms with E-state index < -0.39 is 63.6 Å². The van der Waals surface area contributed by atoms with Gasteiger partial charge in [-0.15, -0.1) is 0 Å². The van der Waals surface area contributed by atoms with E-state index in [1.54, 1.807) is 13.8 Å². The van der Waals surface area contributed by atoms with Crippen LogP contribution in [0.2, 0.25) is 0 Å². The Morgan fingerprint density at radius 2 is 1.90 bits per heavy atom. The van der Waals surface area contributed by atoms with Gasteiger partial charge in [0.1, 0.15) is 6.61 Å². The summed E-state index contributed by atoms with van der Waals surface area (Å²) in [5, 5.41) is 4.86. The van der Waals surface area contributed by atoms with Gasteiger partial charge in [0.25, 0.3) is 0 Å². The van der Waals surface area contributed by atoms with Crippen molar-refractivity contribution in [2.75, 3.05) is 19.8 Å². The largest absolute Gasteiger partial charge is 0.463 e. The van der Waals surface area contributed by atoms with Gasteiger partial charge in [-0.1, -0.05) is 0 Å². The number of ether oxygens (including phenoxy) is 2. The molecular formula is C18H21F2N3O7S. The molecule has 2 rings (SSSR count). The van der Waals surface area contributed by atoms with Crippen molar-refractivity contribution in [3.63, 3.8) is 0 Å². The minimum Gasteiger partial charge on any atom is -0.463 e. The van der Waals surface area contributed by atoms with Crippen molar-refractivity contribution in [3.8, 4) is 0 Å². The van der Waals surface area contributed by atoms with Gasteiger partial charge >= 0.3 is 18.0 Å². The predicted octanol–water partition coefficient (Wildman–Crippen LogP) is 0.695. The number of hydrogen-bond donors (Lipinski definition) is 3. The first kappa shape index (κ1) is 24.2. The molecule has 1 aliphatic rings. The molecule has 1 heterocycles. The molecule has 1 unspecified atom stereocenters. The van der Waals surface area contributed by atoms with Crippen molar-refractivity contribution in [2.45, 2.75) is 31.2 Å². The quantitative estimate of drug-likeness (QED) is 0.460. The van der Waals surface area contributed by atoms with Crippen LogP contribution in [0.5, 0.6) is 0 Å². The molecule has 13 heteroatoms. The highest BCUT2D eigenvalue weighted by Crippen LogP contribution is 2.15. The zero-order valence-electron chi connectivity index (χ0n) is 16.7. The second-order valence-corrected chi connectivity index (χ2v) is 8.08. The normalized spacial score (nSPS) is 16.4. The number of hydrogen-bond acceptors (Lipinski definition) is 7. The Morgan fingerprint density at radius 1 is 1.19 bits per heavy atom. The van der Waals surface area contributed by atoms with Gasteiger partial charge in [0.05, 0.1) is 35.2 Å². The minimum atomic E-state index is -4.17. The molecule has 170 valence electrons. The molecule has 1 aromatic rings. The Hall–Kier alpha value is -3.06. The smallest absolute Gasteiger partial charge is 0.338 e. The number of halogens is 2. The molecule has 0 saturated carbocycles. The molecule has 31 heavy (non-hydrogen) atoms. The van der Waals surface area contributed by atoms with Crippen molar-refractivity contribution >= 4 is 28.0 Å². The molecule has 0 aromatic heterocycles. The van der Waals surface area contributed by atoms with E-state index in [0.717, 1.165) is 6.07 Å². The number of nitrogens with one attached hydrogen (secondary N) is 3. The molecule has 0 radical (unpaired) electrons. The van der Waals surface area contributed by atoms with Crippen LogP contribution in [0.15, 0.2) is 34.4 Å². The Labute approximate surface area is 177 Å². The maximum Gasteiger partial charge on any atom is 0.338 e. The summed E-state index contributed by atoms with van der Waals surface area (Å²) in [5.41, 5.74) is 0.138. The first-order chi connectivity index (χ1) is 14.5. The average molecular weight is 461 g/mol. The van der Waals surface area contributed by atoms with Crippen LogP contribution in [0.3, 0.4) is 0 Å². The van der Waals surface area contributed by atoms with Crippen molar-refractivity contribution in [2.24, 2.45) is 0 Å². The molecule has 0 saturated heterocycles. The second kappa shape index (κ2) is 10.3. The minimum absolute atomic E-state index is 0.0467. The van der Waals surface area contributed by atoms with E-state index in [4.69, 9.17) is 9.47 Å². The van der Waals surface area contributed by atoms with Crippen molar-refractivity contribution in [1.29, 1.82) is 0 Å². The molecule has 0 fully saturated rings. The predicted molar refractivity (Wildman–Crippen MR) is 102 cm³/mol. The van der Waals surface area contributed by atoms with Gasteiger partial charge in [0.15, 0.2) is 11.6 Å². The lowest BCUT2D eigenvalue weighted by molar-refractivity contribution is -0.143. The number of carbonyl (C=O) groups excluding carboxylic acids is 3. The molecule has 10 nitrogen and oxygen atoms in total. The lowest BCUT2D eigenvalue weighted by Gasteiger charge is -2.26. The summed E-state index contributed by atoms with van der Waals surface area (Å²) in [6.45, 7) is 2.45. The average Bonchev–Trinajstić information content (AvgIpc) is 2.67. The van der Waals surface area contributed by atoms with Gasteiger partial charge in [-0.25, -0.2) is 31.5 Å². The molecule has 1 aliphatic heterocycles. The van der Waals surface area contributed by atoms with Crippen LogP contribution in [0.1, 0.15) is 20.3 Å². The molecular weight excluding hydrogens is 440 g/mol. The van der Waals surface area contributed by atoms with Crippen LogP contribution >= 0.6 is 0 Å². The maximum absolute atomic E-state index is 13.2. The first-order valence-electron chi connectivity index (χ1n) is 9.13. The van der Waals surface area contributed by atoms with Gasteiger partial charge in [-0.05, 0) is 32.0 Å². The summed E-state index contributed by atoms with van der Waals surface area (Å²) in [7, 11) is -4.17. The van der Waals surface area contributed by atoms with Gasteiger partial charge in [-0.3, -0.25) is 4.79 Å². The molecule has 1 atom stereocenters. The Balaban J connectivity index is 1.94. The standard InChI is InChI=1S/C18H21F2N3O7S/c1-3-29-17(25)16-10(2)22-18(26)23-14(16)9-30-15(24)6-7-21-31(27,28)11-4-5-12(19)13(20)8-11/h4-5,8,10,21H,3,6-7,9H2,1-2H3,(H2,22,23,26). The Morgan fingerprint density at radius 3 is 2.55 bits per heavy atom. The molecule has 0 aliphatic carbocycles. The SMILES string of the molecule is CCOC(=O)C1=C(COC(=O)CCNS(=O)(=O)c2ccc(F)c(F)c2)NC(=O)NC1C. The number of benzene rings is 1. The fraction of sp³-hybridized carbons (Fsp3) is 0.389. The number of urea groups is 1. The summed E-state index contributed by atoms with van der Waals surface area (Å²) in [4.78, 5) is 35.2. The van der Waals surface area contributed by atoms with Crippen LogP contribution in [0.4, 0.5) is 13.6 Å². The van der Waals surface area contributed by atoms with Crippen molar-refractivity contribution in [1.82, 2.24) is 15.4 Å². The Bertz CT molecular complexity index is 1010. The lowest BCUT2D eigenvalue weighted by atomic mass is 10.0. The van der Waals surface area contributed by atoms with E-state index >= 15 is 0 Å². The topological polar surface area (TPSA) is 140 Å². The summed E-state index contributed by atoms with van der Waals surface area (Å²) in [5.74, 6) is -4.04. The van der Waals surface area contributed by atoms with E-state index in [1.165, 1.54) is 0 Å². The van der Waals surface area contributed by atoms with E-state index in [-0.39, 0.29) is 24.4 Å². The van der Waals surface area contributed by atoms with Crippen LogP contribution in [-0.4, -0.2) is 52.2 Å². The van der Waals surface area contributed by atoms with Gasteiger partial charge in [-0.2, -0.15) is 0 Å². The van der Waals surface area contributed by atoms with Gasteiger partial charge in [0.2, 0.25) is 10.0 Å². The number of sulfonamides is 1. The zero-order chi connectivity index (χ0) is 23.2. The van der Waals surface area contributed by atoms with Gasteiger partial charge in [0, 0.05) is 6.54 Å². The molecule has 3 N–H and O–H groups in total. The molecule has 0 bridgehead atoms. The van der Waals surface area contributed by atoms with Crippen molar-refractivity contribution in [3.05, 3.63) is 41.1 Å². The number of rotatable bonds is 9.